The number of nitrogens with zero attached hydrogens (tertiary/aromatic N) is 5. The summed E-state index contributed by atoms with van der Waals surface area (Å²) in [6.07, 6.45) is 10.2. The molecule has 14 nitrogen and oxygen atoms in total. The minimum absolute atomic E-state index is 0.0656. The Labute approximate surface area is 308 Å². The smallest absolute Gasteiger partial charge is 0.242 e. The summed E-state index contributed by atoms with van der Waals surface area (Å²) in [6, 6.07) is 13.9. The number of fused-ring (bicyclic) bond motifs is 1. The maximum atomic E-state index is 14.3. The summed E-state index contributed by atoms with van der Waals surface area (Å²) < 4.78 is 0. The summed E-state index contributed by atoms with van der Waals surface area (Å²) in [6.45, 7) is -0.266. The van der Waals surface area contributed by atoms with Gasteiger partial charge in [0.1, 0.15) is 6.54 Å². The molecule has 6 N–H and O–H groups in total. The summed E-state index contributed by atoms with van der Waals surface area (Å²) in [5.74, 6) is -1.72. The van der Waals surface area contributed by atoms with Crippen molar-refractivity contribution in [1.82, 2.24) is 35.0 Å². The molecule has 4 aromatic rings. The molecule has 0 aliphatic heterocycles. The van der Waals surface area contributed by atoms with Crippen LogP contribution in [0.2, 0.25) is 0 Å². The van der Waals surface area contributed by atoms with E-state index in [0.717, 1.165) is 16.5 Å². The molecular formula is C37H47N9O5S. The highest BCUT2D eigenvalue weighted by Crippen LogP contribution is 2.19. The van der Waals surface area contributed by atoms with Crippen molar-refractivity contribution in [2.75, 3.05) is 38.5 Å². The van der Waals surface area contributed by atoms with Crippen LogP contribution in [0.3, 0.4) is 0 Å². The van der Waals surface area contributed by atoms with E-state index in [9.17, 15) is 24.0 Å². The molecule has 0 spiro atoms. The summed E-state index contributed by atoms with van der Waals surface area (Å²) >= 11 is 4.15. The molecule has 3 heterocycles. The van der Waals surface area contributed by atoms with E-state index in [1.807, 2.05) is 30.5 Å². The Kier molecular flexibility index (Phi) is 15.6. The number of rotatable bonds is 21. The Balaban J connectivity index is 1.58. The van der Waals surface area contributed by atoms with Crippen molar-refractivity contribution in [1.29, 1.82) is 0 Å². The first-order valence-corrected chi connectivity index (χ1v) is 17.9. The zero-order valence-corrected chi connectivity index (χ0v) is 30.0. The molecule has 0 saturated carbocycles. The van der Waals surface area contributed by atoms with E-state index < -0.39 is 29.7 Å². The van der Waals surface area contributed by atoms with Gasteiger partial charge in [-0.1, -0.05) is 36.8 Å². The van der Waals surface area contributed by atoms with Gasteiger partial charge in [0.2, 0.25) is 29.5 Å². The third-order valence-corrected chi connectivity index (χ3v) is 8.69. The number of hydrogen-bond acceptors (Lipinski definition) is 9. The van der Waals surface area contributed by atoms with Crippen molar-refractivity contribution in [2.45, 2.75) is 51.2 Å². The number of carbonyl (C=O) groups excluding carboxylic acids is 5. The molecule has 0 aliphatic rings. The summed E-state index contributed by atoms with van der Waals surface area (Å²) in [4.78, 5) is 81.7. The number of amides is 5. The van der Waals surface area contributed by atoms with Crippen molar-refractivity contribution < 1.29 is 24.0 Å². The highest BCUT2D eigenvalue weighted by molar-refractivity contribution is 7.80. The SMILES string of the molecule is NC(=O)CCCCC(N)C(=O)N(CC(=O)N(CCc1c[nH]c2ccccc12)CC(=O)N(CC(=O)NCCS)Cc1cccnc1)Cc1cccnc1. The minimum Gasteiger partial charge on any atom is -0.370 e. The maximum Gasteiger partial charge on any atom is 0.242 e. The zero-order chi connectivity index (χ0) is 37.3. The van der Waals surface area contributed by atoms with Crippen molar-refractivity contribution in [3.63, 3.8) is 0 Å². The lowest BCUT2D eigenvalue weighted by molar-refractivity contribution is -0.146. The normalized spacial score (nSPS) is 11.5. The number of pyridine rings is 2. The molecule has 3 aromatic heterocycles. The second-order valence-electron chi connectivity index (χ2n) is 12.5. The monoisotopic (exact) mass is 729 g/mol. The molecular weight excluding hydrogens is 683 g/mol. The Morgan fingerprint density at radius 2 is 1.48 bits per heavy atom. The second kappa shape index (κ2) is 20.5. The lowest BCUT2D eigenvalue weighted by Crippen LogP contribution is -2.51. The van der Waals surface area contributed by atoms with Gasteiger partial charge in [0.15, 0.2) is 0 Å². The molecule has 0 fully saturated rings. The lowest BCUT2D eigenvalue weighted by Gasteiger charge is -2.31. The highest BCUT2D eigenvalue weighted by Gasteiger charge is 2.28. The average Bonchev–Trinajstić information content (AvgIpc) is 3.56. The Morgan fingerprint density at radius 3 is 2.13 bits per heavy atom. The number of primary amides is 1. The number of aromatic amines is 1. The van der Waals surface area contributed by atoms with Crippen LogP contribution in [0.4, 0.5) is 0 Å². The molecule has 52 heavy (non-hydrogen) atoms. The first-order chi connectivity index (χ1) is 25.1. The van der Waals surface area contributed by atoms with Crippen LogP contribution in [0.15, 0.2) is 79.5 Å². The van der Waals surface area contributed by atoms with Gasteiger partial charge in [-0.2, -0.15) is 12.6 Å². The fourth-order valence-electron chi connectivity index (χ4n) is 5.73. The Morgan fingerprint density at radius 1 is 0.827 bits per heavy atom. The number of carbonyl (C=O) groups is 5. The molecule has 15 heteroatoms. The molecule has 1 atom stereocenters. The van der Waals surface area contributed by atoms with Gasteiger partial charge < -0.3 is 36.5 Å². The van der Waals surface area contributed by atoms with E-state index in [4.69, 9.17) is 11.5 Å². The van der Waals surface area contributed by atoms with Crippen molar-refractivity contribution in [3.8, 4) is 0 Å². The predicted molar refractivity (Wildman–Crippen MR) is 200 cm³/mol. The third-order valence-electron chi connectivity index (χ3n) is 8.46. The second-order valence-corrected chi connectivity index (χ2v) is 12.9. The molecule has 0 bridgehead atoms. The minimum atomic E-state index is -0.926. The van der Waals surface area contributed by atoms with Gasteiger partial charge in [-0.15, -0.1) is 0 Å². The lowest BCUT2D eigenvalue weighted by atomic mass is 10.1. The molecule has 1 aromatic carbocycles. The summed E-state index contributed by atoms with van der Waals surface area (Å²) in [5.41, 5.74) is 14.9. The molecule has 5 amide bonds. The van der Waals surface area contributed by atoms with Crippen LogP contribution >= 0.6 is 12.6 Å². The number of para-hydroxylation sites is 1. The third kappa shape index (κ3) is 12.5. The summed E-state index contributed by atoms with van der Waals surface area (Å²) in [5, 5.41) is 3.74. The zero-order valence-electron chi connectivity index (χ0n) is 29.2. The quantitative estimate of drug-likeness (QED) is 0.0632. The van der Waals surface area contributed by atoms with E-state index in [2.05, 4.69) is 32.9 Å². The van der Waals surface area contributed by atoms with Crippen molar-refractivity contribution in [3.05, 3.63) is 96.2 Å². The predicted octanol–water partition coefficient (Wildman–Crippen LogP) is 1.81. The highest BCUT2D eigenvalue weighted by atomic mass is 32.1. The fourth-order valence-corrected chi connectivity index (χ4v) is 5.84. The van der Waals surface area contributed by atoms with Crippen LogP contribution in [-0.4, -0.2) is 104 Å². The number of benzene rings is 1. The average molecular weight is 730 g/mol. The van der Waals surface area contributed by atoms with Crippen molar-refractivity contribution in [2.24, 2.45) is 11.5 Å². The first kappa shape index (κ1) is 39.5. The van der Waals surface area contributed by atoms with E-state index >= 15 is 0 Å². The maximum absolute atomic E-state index is 14.3. The van der Waals surface area contributed by atoms with Gasteiger partial charge in [0.25, 0.3) is 0 Å². The number of aromatic nitrogens is 3. The molecule has 0 aliphatic carbocycles. The molecule has 0 radical (unpaired) electrons. The first-order valence-electron chi connectivity index (χ1n) is 17.2. The fraction of sp³-hybridized carbons (Fsp3) is 0.378. The van der Waals surface area contributed by atoms with Gasteiger partial charge in [0.05, 0.1) is 19.1 Å². The van der Waals surface area contributed by atoms with Gasteiger partial charge in [-0.25, -0.2) is 0 Å². The number of H-pyrrole nitrogens is 1. The van der Waals surface area contributed by atoms with Crippen LogP contribution in [0.5, 0.6) is 0 Å². The van der Waals surface area contributed by atoms with Gasteiger partial charge in [0, 0.05) is 80.2 Å². The van der Waals surface area contributed by atoms with Gasteiger partial charge >= 0.3 is 0 Å². The van der Waals surface area contributed by atoms with E-state index in [-0.39, 0.29) is 51.6 Å². The standard InChI is InChI=1S/C37H47N9O5S/c38-31(10-2-4-12-33(39)47)37(51)46(23-28-8-6-15-41-20-28)26-35(49)44(17-13-29-21-43-32-11-3-1-9-30(29)32)25-36(50)45(24-34(48)42-16-18-52)22-27-7-5-14-40-19-27/h1,3,5-9,11,14-15,19-21,31,43,52H,2,4,10,12-13,16-18,22-26,38H2,(H2,39,47)(H,42,48). The van der Waals surface area contributed by atoms with Crippen molar-refractivity contribution >= 4 is 53.1 Å². The molecule has 276 valence electrons. The number of nitrogens with one attached hydrogen (secondary N) is 2. The van der Waals surface area contributed by atoms with Crippen LogP contribution in [-0.2, 0) is 43.5 Å². The Bertz CT molecular complexity index is 1770. The molecule has 4 rings (SSSR count). The van der Waals surface area contributed by atoms with Crippen LogP contribution in [0.1, 0.15) is 42.4 Å². The number of thiol groups is 1. The van der Waals surface area contributed by atoms with E-state index in [0.29, 0.717) is 49.1 Å². The topological polar surface area (TPSA) is 201 Å². The van der Waals surface area contributed by atoms with Gasteiger partial charge in [-0.3, -0.25) is 33.9 Å². The van der Waals surface area contributed by atoms with Crippen LogP contribution < -0.4 is 16.8 Å². The number of unbranched alkanes of at least 4 members (excludes halogenated alkanes) is 1. The van der Waals surface area contributed by atoms with E-state index in [1.165, 1.54) is 14.7 Å². The van der Waals surface area contributed by atoms with E-state index in [1.54, 1.807) is 49.1 Å². The Hall–Kier alpha value is -5.28. The number of hydrogen-bond donors (Lipinski definition) is 5. The van der Waals surface area contributed by atoms with Gasteiger partial charge in [-0.05, 0) is 54.2 Å². The summed E-state index contributed by atoms with van der Waals surface area (Å²) in [7, 11) is 0. The number of nitrogens with two attached hydrogens (primary N) is 2. The molecule has 1 unspecified atom stereocenters. The largest absolute Gasteiger partial charge is 0.370 e. The van der Waals surface area contributed by atoms with Crippen LogP contribution in [0.25, 0.3) is 10.9 Å². The van der Waals surface area contributed by atoms with Crippen LogP contribution in [0, 0.1) is 0 Å². The molecule has 0 saturated heterocycles.